The zero-order valence-corrected chi connectivity index (χ0v) is 15.2. The number of benzene rings is 1. The Bertz CT molecular complexity index is 570. The number of rotatable bonds is 3. The number of hydrogen-bond donors (Lipinski definition) is 0. The third kappa shape index (κ3) is 3.32. The Balaban J connectivity index is 1.44. The number of morpholine rings is 1. The van der Waals surface area contributed by atoms with E-state index >= 15 is 0 Å². The van der Waals surface area contributed by atoms with E-state index in [1.807, 2.05) is 0 Å². The van der Waals surface area contributed by atoms with Gasteiger partial charge < -0.3 is 9.64 Å². The fourth-order valence-corrected chi connectivity index (χ4v) is 4.56. The molecule has 0 aliphatic carbocycles. The second kappa shape index (κ2) is 7.03. The van der Waals surface area contributed by atoms with Gasteiger partial charge in [0.1, 0.15) is 0 Å². The lowest BCUT2D eigenvalue weighted by atomic mass is 10.0. The molecule has 3 aliphatic heterocycles. The number of piperazine rings is 1. The van der Waals surface area contributed by atoms with E-state index in [4.69, 9.17) is 4.74 Å². The molecule has 4 nitrogen and oxygen atoms in total. The molecule has 0 aromatic heterocycles. The van der Waals surface area contributed by atoms with E-state index in [-0.39, 0.29) is 0 Å². The van der Waals surface area contributed by atoms with Crippen LogP contribution in [-0.4, -0.2) is 67.8 Å². The summed E-state index contributed by atoms with van der Waals surface area (Å²) in [5, 5.41) is 0. The molecule has 1 unspecified atom stereocenters. The van der Waals surface area contributed by atoms with Crippen LogP contribution in [0.3, 0.4) is 0 Å². The molecule has 0 amide bonds. The summed E-state index contributed by atoms with van der Waals surface area (Å²) in [5.41, 5.74) is 4.28. The highest BCUT2D eigenvalue weighted by molar-refractivity contribution is 5.51. The van der Waals surface area contributed by atoms with E-state index in [2.05, 4.69) is 46.7 Å². The third-order valence-electron chi connectivity index (χ3n) is 6.14. The van der Waals surface area contributed by atoms with Crippen molar-refractivity contribution in [1.29, 1.82) is 0 Å². The minimum absolute atomic E-state index is 0.665. The first kappa shape index (κ1) is 16.4. The Hall–Kier alpha value is -1.10. The third-order valence-corrected chi connectivity index (χ3v) is 6.14. The van der Waals surface area contributed by atoms with E-state index in [1.54, 1.807) is 0 Å². The van der Waals surface area contributed by atoms with Gasteiger partial charge in [-0.1, -0.05) is 6.07 Å². The van der Waals surface area contributed by atoms with Crippen molar-refractivity contribution in [2.45, 2.75) is 45.3 Å². The Morgan fingerprint density at radius 1 is 1.12 bits per heavy atom. The van der Waals surface area contributed by atoms with E-state index < -0.39 is 0 Å². The van der Waals surface area contributed by atoms with Crippen LogP contribution in [0.2, 0.25) is 0 Å². The molecular formula is C20H31N3O. The minimum Gasteiger partial charge on any atom is -0.378 e. The Morgan fingerprint density at radius 3 is 2.75 bits per heavy atom. The van der Waals surface area contributed by atoms with Crippen molar-refractivity contribution in [3.05, 3.63) is 29.3 Å². The van der Waals surface area contributed by atoms with Crippen molar-refractivity contribution in [3.8, 4) is 0 Å². The van der Waals surface area contributed by atoms with Gasteiger partial charge >= 0.3 is 0 Å². The van der Waals surface area contributed by atoms with Gasteiger partial charge in [-0.2, -0.15) is 0 Å². The van der Waals surface area contributed by atoms with Gasteiger partial charge in [0.05, 0.1) is 13.2 Å². The Morgan fingerprint density at radius 2 is 1.96 bits per heavy atom. The normalized spacial score (nSPS) is 29.0. The SMILES string of the molecule is Cc1cc(N2CCOCC2)ccc1CN1CC2CCCN2C[C@@H]1C. The lowest BCUT2D eigenvalue weighted by Crippen LogP contribution is -2.54. The summed E-state index contributed by atoms with van der Waals surface area (Å²) in [4.78, 5) is 7.85. The van der Waals surface area contributed by atoms with Crippen molar-refractivity contribution < 1.29 is 4.74 Å². The molecule has 0 N–H and O–H groups in total. The number of aryl methyl sites for hydroxylation is 1. The Kier molecular flexibility index (Phi) is 4.79. The molecule has 132 valence electrons. The summed E-state index contributed by atoms with van der Waals surface area (Å²) >= 11 is 0. The largest absolute Gasteiger partial charge is 0.378 e. The van der Waals surface area contributed by atoms with Gasteiger partial charge in [-0.05, 0) is 56.5 Å². The standard InChI is InChI=1S/C20H31N3O/c1-16-12-19(21-8-10-24-11-9-21)6-5-18(16)14-23-15-20-4-3-7-22(20)13-17(23)2/h5-6,12,17,20H,3-4,7-11,13-15H2,1-2H3/t17-,20?/m0/s1. The van der Waals surface area contributed by atoms with E-state index in [0.717, 1.165) is 38.9 Å². The number of anilines is 1. The number of hydrogen-bond acceptors (Lipinski definition) is 4. The monoisotopic (exact) mass is 329 g/mol. The second-order valence-corrected chi connectivity index (χ2v) is 7.78. The minimum atomic E-state index is 0.665. The van der Waals surface area contributed by atoms with Crippen LogP contribution in [0.5, 0.6) is 0 Å². The van der Waals surface area contributed by atoms with Crippen LogP contribution in [0.1, 0.15) is 30.9 Å². The molecule has 4 heteroatoms. The topological polar surface area (TPSA) is 19.0 Å². The van der Waals surface area contributed by atoms with Crippen molar-refractivity contribution >= 4 is 5.69 Å². The molecule has 0 saturated carbocycles. The van der Waals surface area contributed by atoms with E-state index in [1.165, 1.54) is 49.3 Å². The number of nitrogens with zero attached hydrogens (tertiary/aromatic N) is 3. The summed E-state index contributed by atoms with van der Waals surface area (Å²) in [5.74, 6) is 0. The molecule has 1 aromatic carbocycles. The quantitative estimate of drug-likeness (QED) is 0.848. The predicted molar refractivity (Wildman–Crippen MR) is 98.7 cm³/mol. The molecule has 0 radical (unpaired) electrons. The molecule has 3 saturated heterocycles. The van der Waals surface area contributed by atoms with Gasteiger partial charge in [0, 0.05) is 50.5 Å². The molecule has 3 heterocycles. The molecule has 24 heavy (non-hydrogen) atoms. The maximum atomic E-state index is 5.47. The molecule has 3 fully saturated rings. The summed E-state index contributed by atoms with van der Waals surface area (Å²) in [6.07, 6.45) is 2.77. The average molecular weight is 329 g/mol. The van der Waals surface area contributed by atoms with Crippen LogP contribution in [0.4, 0.5) is 5.69 Å². The van der Waals surface area contributed by atoms with Crippen LogP contribution < -0.4 is 4.90 Å². The highest BCUT2D eigenvalue weighted by Gasteiger charge is 2.34. The molecule has 2 atom stereocenters. The van der Waals surface area contributed by atoms with Gasteiger partial charge in [-0.3, -0.25) is 9.80 Å². The summed E-state index contributed by atoms with van der Waals surface area (Å²) in [7, 11) is 0. The average Bonchev–Trinajstić information content (AvgIpc) is 3.04. The van der Waals surface area contributed by atoms with Gasteiger partial charge in [0.2, 0.25) is 0 Å². The molecule has 0 spiro atoms. The van der Waals surface area contributed by atoms with Crippen LogP contribution >= 0.6 is 0 Å². The van der Waals surface area contributed by atoms with Crippen LogP contribution in [0.15, 0.2) is 18.2 Å². The first-order chi connectivity index (χ1) is 11.7. The van der Waals surface area contributed by atoms with Crippen molar-refractivity contribution in [2.24, 2.45) is 0 Å². The van der Waals surface area contributed by atoms with Crippen molar-refractivity contribution in [2.75, 3.05) is 50.8 Å². The molecule has 3 aliphatic rings. The summed E-state index contributed by atoms with van der Waals surface area (Å²) in [6.45, 7) is 13.3. The first-order valence-electron chi connectivity index (χ1n) is 9.61. The maximum Gasteiger partial charge on any atom is 0.0642 e. The predicted octanol–water partition coefficient (Wildman–Crippen LogP) is 2.50. The van der Waals surface area contributed by atoms with Crippen LogP contribution in [-0.2, 0) is 11.3 Å². The Labute approximate surface area is 146 Å². The number of ether oxygens (including phenoxy) is 1. The van der Waals surface area contributed by atoms with Gasteiger partial charge in [0.15, 0.2) is 0 Å². The highest BCUT2D eigenvalue weighted by Crippen LogP contribution is 2.27. The zero-order chi connectivity index (χ0) is 16.5. The van der Waals surface area contributed by atoms with Gasteiger partial charge in [-0.15, -0.1) is 0 Å². The van der Waals surface area contributed by atoms with E-state index in [9.17, 15) is 0 Å². The molecule has 1 aromatic rings. The molecular weight excluding hydrogens is 298 g/mol. The lowest BCUT2D eigenvalue weighted by Gasteiger charge is -2.42. The number of fused-ring (bicyclic) bond motifs is 1. The van der Waals surface area contributed by atoms with Crippen LogP contribution in [0, 0.1) is 6.92 Å². The summed E-state index contributed by atoms with van der Waals surface area (Å²) < 4.78 is 5.47. The van der Waals surface area contributed by atoms with Gasteiger partial charge in [0.25, 0.3) is 0 Å². The second-order valence-electron chi connectivity index (χ2n) is 7.78. The molecule has 4 rings (SSSR count). The first-order valence-corrected chi connectivity index (χ1v) is 9.61. The van der Waals surface area contributed by atoms with E-state index in [0.29, 0.717) is 6.04 Å². The zero-order valence-electron chi connectivity index (χ0n) is 15.2. The highest BCUT2D eigenvalue weighted by atomic mass is 16.5. The molecule has 0 bridgehead atoms. The van der Waals surface area contributed by atoms with Crippen LogP contribution in [0.25, 0.3) is 0 Å². The maximum absolute atomic E-state index is 5.47. The summed E-state index contributed by atoms with van der Waals surface area (Å²) in [6, 6.07) is 8.50. The fourth-order valence-electron chi connectivity index (χ4n) is 4.56. The fraction of sp³-hybridized carbons (Fsp3) is 0.700. The van der Waals surface area contributed by atoms with Crippen molar-refractivity contribution in [3.63, 3.8) is 0 Å². The smallest absolute Gasteiger partial charge is 0.0642 e. The van der Waals surface area contributed by atoms with Crippen molar-refractivity contribution in [1.82, 2.24) is 9.80 Å². The van der Waals surface area contributed by atoms with Gasteiger partial charge in [-0.25, -0.2) is 0 Å². The lowest BCUT2D eigenvalue weighted by molar-refractivity contribution is 0.0539.